The first-order valence-corrected chi connectivity index (χ1v) is 8.94. The molecule has 1 aliphatic rings. The monoisotopic (exact) mass is 373 g/mol. The number of hydrogen-bond acceptors (Lipinski definition) is 2. The number of carbonyl (C=O) groups is 1. The van der Waals surface area contributed by atoms with Crippen molar-refractivity contribution in [1.82, 2.24) is 9.88 Å². The normalized spacial score (nSPS) is 15.0. The Balaban J connectivity index is 1.46. The third-order valence-electron chi connectivity index (χ3n) is 4.57. The molecule has 0 atom stereocenters. The van der Waals surface area contributed by atoms with E-state index in [1.54, 1.807) is 0 Å². The number of hydrogen-bond donors (Lipinski definition) is 1. The smallest absolute Gasteiger partial charge is 0.270 e. The lowest BCUT2D eigenvalue weighted by Gasteiger charge is -2.36. The van der Waals surface area contributed by atoms with Gasteiger partial charge in [-0.1, -0.05) is 23.2 Å². The van der Waals surface area contributed by atoms with Crippen LogP contribution in [0.2, 0.25) is 10.0 Å². The summed E-state index contributed by atoms with van der Waals surface area (Å²) >= 11 is 12.0. The van der Waals surface area contributed by atoms with Gasteiger partial charge in [-0.2, -0.15) is 0 Å². The number of nitrogens with zero attached hydrogens (tertiary/aromatic N) is 2. The average Bonchev–Trinajstić information content (AvgIpc) is 3.05. The summed E-state index contributed by atoms with van der Waals surface area (Å²) in [6, 6.07) is 15.3. The third kappa shape index (κ3) is 3.32. The number of fused-ring (bicyclic) bond motifs is 1. The number of rotatable bonds is 2. The molecule has 0 aliphatic carbocycles. The second-order valence-electron chi connectivity index (χ2n) is 6.17. The summed E-state index contributed by atoms with van der Waals surface area (Å²) in [6.45, 7) is 2.99. The number of benzene rings is 2. The molecule has 1 aromatic heterocycles. The van der Waals surface area contributed by atoms with E-state index >= 15 is 0 Å². The van der Waals surface area contributed by atoms with Crippen LogP contribution in [0.15, 0.2) is 48.5 Å². The number of halogens is 2. The zero-order valence-corrected chi connectivity index (χ0v) is 15.0. The lowest BCUT2D eigenvalue weighted by Crippen LogP contribution is -2.48. The number of carbonyl (C=O) groups excluding carboxylic acids is 1. The maximum absolute atomic E-state index is 12.8. The lowest BCUT2D eigenvalue weighted by molar-refractivity contribution is 0.0742. The van der Waals surface area contributed by atoms with Gasteiger partial charge in [0.25, 0.3) is 5.91 Å². The van der Waals surface area contributed by atoms with E-state index in [2.05, 4.69) is 9.88 Å². The molecule has 0 radical (unpaired) electrons. The van der Waals surface area contributed by atoms with Crippen molar-refractivity contribution in [3.8, 4) is 0 Å². The fraction of sp³-hybridized carbons (Fsp3) is 0.211. The quantitative estimate of drug-likeness (QED) is 0.721. The summed E-state index contributed by atoms with van der Waals surface area (Å²) in [5, 5.41) is 2.36. The molecule has 4 rings (SSSR count). The van der Waals surface area contributed by atoms with Crippen molar-refractivity contribution in [1.29, 1.82) is 0 Å². The molecule has 128 valence electrons. The van der Waals surface area contributed by atoms with E-state index in [0.29, 0.717) is 23.8 Å². The average molecular weight is 374 g/mol. The SMILES string of the molecule is O=C(c1cc2cc(Cl)ccc2[nH]1)N1CCN(c2ccc(Cl)cc2)CC1. The second-order valence-corrected chi connectivity index (χ2v) is 7.04. The van der Waals surface area contributed by atoms with E-state index in [1.165, 1.54) is 0 Å². The van der Waals surface area contributed by atoms with Crippen LogP contribution in [0.25, 0.3) is 10.9 Å². The number of anilines is 1. The number of nitrogens with one attached hydrogen (secondary N) is 1. The van der Waals surface area contributed by atoms with Crippen LogP contribution < -0.4 is 4.90 Å². The van der Waals surface area contributed by atoms with Gasteiger partial charge in [-0.15, -0.1) is 0 Å². The summed E-state index contributed by atoms with van der Waals surface area (Å²) < 4.78 is 0. The Morgan fingerprint density at radius 2 is 1.56 bits per heavy atom. The molecule has 1 saturated heterocycles. The Hall–Kier alpha value is -2.17. The van der Waals surface area contributed by atoms with Crippen LogP contribution in [-0.2, 0) is 0 Å². The van der Waals surface area contributed by atoms with E-state index in [-0.39, 0.29) is 5.91 Å². The minimum atomic E-state index is 0.0306. The summed E-state index contributed by atoms with van der Waals surface area (Å²) in [5.74, 6) is 0.0306. The third-order valence-corrected chi connectivity index (χ3v) is 5.06. The topological polar surface area (TPSA) is 39.3 Å². The summed E-state index contributed by atoms with van der Waals surface area (Å²) in [5.41, 5.74) is 2.67. The molecule has 1 amide bonds. The largest absolute Gasteiger partial charge is 0.368 e. The van der Waals surface area contributed by atoms with Gasteiger partial charge in [0.05, 0.1) is 0 Å². The van der Waals surface area contributed by atoms with E-state index in [1.807, 2.05) is 53.4 Å². The molecule has 25 heavy (non-hydrogen) atoms. The van der Waals surface area contributed by atoms with Crippen molar-refractivity contribution >= 4 is 45.7 Å². The first kappa shape index (κ1) is 16.3. The predicted octanol–water partition coefficient (Wildman–Crippen LogP) is 4.44. The molecule has 1 aliphatic heterocycles. The molecule has 2 heterocycles. The first-order chi connectivity index (χ1) is 12.1. The van der Waals surface area contributed by atoms with Crippen LogP contribution in [0.5, 0.6) is 0 Å². The van der Waals surface area contributed by atoms with Crippen molar-refractivity contribution in [3.05, 3.63) is 64.3 Å². The van der Waals surface area contributed by atoms with E-state index < -0.39 is 0 Å². The molecule has 6 heteroatoms. The highest BCUT2D eigenvalue weighted by atomic mass is 35.5. The molecule has 0 saturated carbocycles. The molecule has 1 fully saturated rings. The maximum Gasteiger partial charge on any atom is 0.270 e. The van der Waals surface area contributed by atoms with E-state index in [9.17, 15) is 4.79 Å². The molecule has 0 bridgehead atoms. The highest BCUT2D eigenvalue weighted by Gasteiger charge is 2.23. The Morgan fingerprint density at radius 3 is 2.28 bits per heavy atom. The minimum absolute atomic E-state index is 0.0306. The van der Waals surface area contributed by atoms with Gasteiger partial charge in [-0.25, -0.2) is 0 Å². The van der Waals surface area contributed by atoms with Gasteiger partial charge in [0.2, 0.25) is 0 Å². The first-order valence-electron chi connectivity index (χ1n) is 8.18. The Labute approximate surface area is 155 Å². The number of aromatic amines is 1. The van der Waals surface area contributed by atoms with Crippen molar-refractivity contribution in [2.75, 3.05) is 31.1 Å². The van der Waals surface area contributed by atoms with Gasteiger partial charge in [-0.05, 0) is 48.5 Å². The lowest BCUT2D eigenvalue weighted by atomic mass is 10.2. The predicted molar refractivity (Wildman–Crippen MR) is 103 cm³/mol. The van der Waals surface area contributed by atoms with Crippen molar-refractivity contribution in [2.24, 2.45) is 0 Å². The summed E-state index contributed by atoms with van der Waals surface area (Å²) in [4.78, 5) is 20.1. The maximum atomic E-state index is 12.8. The van der Waals surface area contributed by atoms with E-state index in [0.717, 1.165) is 34.7 Å². The second kappa shape index (κ2) is 6.62. The Kier molecular flexibility index (Phi) is 4.32. The fourth-order valence-corrected chi connectivity index (χ4v) is 3.52. The Morgan fingerprint density at radius 1 is 0.880 bits per heavy atom. The fourth-order valence-electron chi connectivity index (χ4n) is 3.21. The highest BCUT2D eigenvalue weighted by molar-refractivity contribution is 6.31. The van der Waals surface area contributed by atoms with Crippen LogP contribution in [-0.4, -0.2) is 42.0 Å². The van der Waals surface area contributed by atoms with Gasteiger partial charge in [0.15, 0.2) is 0 Å². The standard InChI is InChI=1S/C19H17Cl2N3O/c20-14-1-4-16(5-2-14)23-7-9-24(10-8-23)19(25)18-12-13-11-15(21)3-6-17(13)22-18/h1-6,11-12,22H,7-10H2. The minimum Gasteiger partial charge on any atom is -0.368 e. The summed E-state index contributed by atoms with van der Waals surface area (Å²) in [7, 11) is 0. The molecule has 1 N–H and O–H groups in total. The molecule has 2 aromatic carbocycles. The van der Waals surface area contributed by atoms with Crippen LogP contribution in [0.1, 0.15) is 10.5 Å². The number of piperazine rings is 1. The highest BCUT2D eigenvalue weighted by Crippen LogP contribution is 2.23. The van der Waals surface area contributed by atoms with Gasteiger partial charge in [-0.3, -0.25) is 4.79 Å². The molecule has 0 unspecified atom stereocenters. The number of H-pyrrole nitrogens is 1. The van der Waals surface area contributed by atoms with Crippen LogP contribution in [0, 0.1) is 0 Å². The zero-order valence-electron chi connectivity index (χ0n) is 13.5. The van der Waals surface area contributed by atoms with Gasteiger partial charge >= 0.3 is 0 Å². The zero-order chi connectivity index (χ0) is 17.4. The van der Waals surface area contributed by atoms with Crippen LogP contribution in [0.4, 0.5) is 5.69 Å². The molecular formula is C19H17Cl2N3O. The van der Waals surface area contributed by atoms with Gasteiger partial charge in [0, 0.05) is 52.8 Å². The van der Waals surface area contributed by atoms with Crippen LogP contribution in [0.3, 0.4) is 0 Å². The molecule has 4 nitrogen and oxygen atoms in total. The van der Waals surface area contributed by atoms with Crippen molar-refractivity contribution in [2.45, 2.75) is 0 Å². The van der Waals surface area contributed by atoms with Gasteiger partial charge in [0.1, 0.15) is 5.69 Å². The number of amides is 1. The Bertz CT molecular complexity index is 912. The molecular weight excluding hydrogens is 357 g/mol. The van der Waals surface area contributed by atoms with Crippen LogP contribution >= 0.6 is 23.2 Å². The van der Waals surface area contributed by atoms with Crippen molar-refractivity contribution in [3.63, 3.8) is 0 Å². The van der Waals surface area contributed by atoms with Gasteiger partial charge < -0.3 is 14.8 Å². The molecule has 3 aromatic rings. The van der Waals surface area contributed by atoms with Crippen molar-refractivity contribution < 1.29 is 4.79 Å². The number of aromatic nitrogens is 1. The molecule has 0 spiro atoms. The van der Waals surface area contributed by atoms with E-state index in [4.69, 9.17) is 23.2 Å². The summed E-state index contributed by atoms with van der Waals surface area (Å²) in [6.07, 6.45) is 0.